The van der Waals surface area contributed by atoms with E-state index in [0.29, 0.717) is 12.1 Å². The van der Waals surface area contributed by atoms with Crippen LogP contribution in [0.3, 0.4) is 0 Å². The van der Waals surface area contributed by atoms with Gasteiger partial charge < -0.3 is 10.5 Å². The number of ether oxygens (including phenoxy) is 1. The molecule has 2 saturated heterocycles. The molecule has 11 nitrogen and oxygen atoms in total. The van der Waals surface area contributed by atoms with Gasteiger partial charge in [-0.15, -0.1) is 0 Å². The van der Waals surface area contributed by atoms with Crippen molar-refractivity contribution in [1.82, 2.24) is 19.5 Å². The highest BCUT2D eigenvalue weighted by atomic mass is 31.2. The molecule has 4 atom stereocenters. The van der Waals surface area contributed by atoms with Crippen molar-refractivity contribution in [1.29, 1.82) is 0 Å². The average Bonchev–Trinajstić information content (AvgIpc) is 3.08. The zero-order valence-electron chi connectivity index (χ0n) is 13.6. The molecule has 2 aliphatic heterocycles. The summed E-state index contributed by atoms with van der Waals surface area (Å²) in [5, 5.41) is 0. The van der Waals surface area contributed by atoms with E-state index in [1.165, 1.54) is 6.33 Å². The van der Waals surface area contributed by atoms with Crippen molar-refractivity contribution in [2.45, 2.75) is 44.8 Å². The van der Waals surface area contributed by atoms with Gasteiger partial charge in [0, 0.05) is 6.42 Å². The van der Waals surface area contributed by atoms with Crippen LogP contribution in [0.25, 0.3) is 11.2 Å². The maximum atomic E-state index is 12.5. The van der Waals surface area contributed by atoms with Gasteiger partial charge in [0.2, 0.25) is 5.95 Å². The highest BCUT2D eigenvalue weighted by Crippen LogP contribution is 2.57. The Morgan fingerprint density at radius 3 is 3.04 bits per heavy atom. The molecule has 2 aliphatic rings. The molecule has 25 heavy (non-hydrogen) atoms. The Labute approximate surface area is 142 Å². The second kappa shape index (κ2) is 5.89. The molecule has 0 spiro atoms. The van der Waals surface area contributed by atoms with Gasteiger partial charge in [-0.2, -0.15) is 4.98 Å². The first kappa shape index (κ1) is 16.7. The number of phosphoric ester groups is 1. The maximum absolute atomic E-state index is 12.5. The number of hydrogen-bond donors (Lipinski definition) is 2. The fourth-order valence-electron chi connectivity index (χ4n) is 2.96. The SMILES string of the molecule is CC(C)OP1(=O)OC[C@H]2O[C@@H](n3cnc4c(=O)[nH]c(N)nc43)CC2O1. The zero-order valence-corrected chi connectivity index (χ0v) is 14.5. The molecule has 0 saturated carbocycles. The van der Waals surface area contributed by atoms with Crippen molar-refractivity contribution in [3.8, 4) is 0 Å². The summed E-state index contributed by atoms with van der Waals surface area (Å²) in [5.41, 5.74) is 5.66. The maximum Gasteiger partial charge on any atom is 0.475 e. The Hall–Kier alpha value is -1.78. The fraction of sp³-hybridized carbons (Fsp3) is 0.615. The number of hydrogen-bond acceptors (Lipinski definition) is 9. The van der Waals surface area contributed by atoms with E-state index < -0.39 is 31.8 Å². The van der Waals surface area contributed by atoms with Crippen LogP contribution in [0, 0.1) is 0 Å². The highest BCUT2D eigenvalue weighted by molar-refractivity contribution is 7.48. The Morgan fingerprint density at radius 2 is 2.28 bits per heavy atom. The number of aromatic nitrogens is 4. The molecule has 3 N–H and O–H groups in total. The molecule has 0 amide bonds. The van der Waals surface area contributed by atoms with E-state index in [2.05, 4.69) is 15.0 Å². The number of imidazole rings is 1. The van der Waals surface area contributed by atoms with Gasteiger partial charge in [-0.1, -0.05) is 0 Å². The van der Waals surface area contributed by atoms with Gasteiger partial charge in [-0.25, -0.2) is 9.55 Å². The summed E-state index contributed by atoms with van der Waals surface area (Å²) < 4.78 is 36.0. The second-order valence-corrected chi connectivity index (χ2v) is 7.76. The summed E-state index contributed by atoms with van der Waals surface area (Å²) in [6, 6.07) is 0. The van der Waals surface area contributed by atoms with Gasteiger partial charge in [0.25, 0.3) is 5.56 Å². The quantitative estimate of drug-likeness (QED) is 0.753. The number of anilines is 1. The topological polar surface area (TPSA) is 144 Å². The molecule has 12 heteroatoms. The third-order valence-corrected chi connectivity index (χ3v) is 5.62. The summed E-state index contributed by atoms with van der Waals surface area (Å²) in [5.74, 6) is -0.0101. The minimum absolute atomic E-state index is 0.0101. The molecular formula is C13H18N5O6P. The average molecular weight is 371 g/mol. The van der Waals surface area contributed by atoms with Gasteiger partial charge >= 0.3 is 7.82 Å². The summed E-state index contributed by atoms with van der Waals surface area (Å²) in [6.07, 6.45) is 0.193. The van der Waals surface area contributed by atoms with E-state index in [0.717, 1.165) is 0 Å². The van der Waals surface area contributed by atoms with Crippen LogP contribution in [0.5, 0.6) is 0 Å². The van der Waals surface area contributed by atoms with Crippen molar-refractivity contribution in [3.63, 3.8) is 0 Å². The Balaban J connectivity index is 1.59. The summed E-state index contributed by atoms with van der Waals surface area (Å²) in [7, 11) is -3.60. The van der Waals surface area contributed by atoms with Crippen LogP contribution in [-0.4, -0.2) is 44.4 Å². The number of H-pyrrole nitrogens is 1. The Kier molecular flexibility index (Phi) is 3.93. The number of phosphoric acid groups is 1. The summed E-state index contributed by atoms with van der Waals surface area (Å²) in [6.45, 7) is 3.59. The third-order valence-electron chi connectivity index (χ3n) is 3.94. The monoisotopic (exact) mass is 371 g/mol. The van der Waals surface area contributed by atoms with Crippen molar-refractivity contribution in [2.75, 3.05) is 12.3 Å². The van der Waals surface area contributed by atoms with Crippen molar-refractivity contribution >= 4 is 24.9 Å². The predicted molar refractivity (Wildman–Crippen MR) is 85.7 cm³/mol. The van der Waals surface area contributed by atoms with Crippen LogP contribution in [0.1, 0.15) is 26.5 Å². The van der Waals surface area contributed by atoms with Gasteiger partial charge in [0.1, 0.15) is 18.4 Å². The lowest BCUT2D eigenvalue weighted by Gasteiger charge is -2.30. The summed E-state index contributed by atoms with van der Waals surface area (Å²) >= 11 is 0. The minimum Gasteiger partial charge on any atom is -0.369 e. The molecule has 0 aromatic carbocycles. The molecule has 0 radical (unpaired) electrons. The molecule has 0 bridgehead atoms. The van der Waals surface area contributed by atoms with E-state index in [9.17, 15) is 9.36 Å². The molecule has 0 aliphatic carbocycles. The van der Waals surface area contributed by atoms with E-state index in [4.69, 9.17) is 24.0 Å². The summed E-state index contributed by atoms with van der Waals surface area (Å²) in [4.78, 5) is 22.4. The van der Waals surface area contributed by atoms with Crippen molar-refractivity contribution < 1.29 is 22.9 Å². The van der Waals surface area contributed by atoms with Crippen LogP contribution in [0.4, 0.5) is 5.95 Å². The van der Waals surface area contributed by atoms with E-state index in [1.807, 2.05) is 0 Å². The number of rotatable bonds is 3. The van der Waals surface area contributed by atoms with Gasteiger partial charge in [-0.05, 0) is 13.8 Å². The first-order valence-corrected chi connectivity index (χ1v) is 9.30. The number of nitrogens with zero attached hydrogens (tertiary/aromatic N) is 3. The van der Waals surface area contributed by atoms with Gasteiger partial charge in [0.05, 0.1) is 19.0 Å². The second-order valence-electron chi connectivity index (χ2n) is 6.18. The van der Waals surface area contributed by atoms with Crippen LogP contribution in [-0.2, 0) is 22.9 Å². The number of nitrogens with two attached hydrogens (primary N) is 1. The van der Waals surface area contributed by atoms with Crippen LogP contribution in [0.15, 0.2) is 11.1 Å². The van der Waals surface area contributed by atoms with Crippen LogP contribution >= 0.6 is 7.82 Å². The number of nitrogen functional groups attached to an aromatic ring is 1. The largest absolute Gasteiger partial charge is 0.475 e. The zero-order chi connectivity index (χ0) is 17.8. The van der Waals surface area contributed by atoms with E-state index >= 15 is 0 Å². The molecule has 2 fully saturated rings. The molecule has 136 valence electrons. The van der Waals surface area contributed by atoms with Crippen LogP contribution in [0.2, 0.25) is 0 Å². The van der Waals surface area contributed by atoms with E-state index in [-0.39, 0.29) is 24.2 Å². The highest BCUT2D eigenvalue weighted by Gasteiger charge is 2.48. The first-order chi connectivity index (χ1) is 11.8. The predicted octanol–water partition coefficient (Wildman–Crippen LogP) is 0.938. The number of fused-ring (bicyclic) bond motifs is 2. The smallest absolute Gasteiger partial charge is 0.369 e. The molecule has 4 heterocycles. The first-order valence-electron chi connectivity index (χ1n) is 7.84. The molecule has 2 aromatic heterocycles. The van der Waals surface area contributed by atoms with Crippen LogP contribution < -0.4 is 11.3 Å². The van der Waals surface area contributed by atoms with E-state index in [1.54, 1.807) is 18.4 Å². The number of aromatic amines is 1. The standard InChI is InChI=1S/C13H18N5O6P/c1-6(2)23-25(20)21-4-8-7(24-25)3-9(22-8)18-5-15-10-11(18)16-13(14)17-12(10)19/h5-9H,3-4H2,1-2H3,(H3,14,16,17,19)/t7?,8-,9-,25?/m1/s1. The number of nitrogens with one attached hydrogen (secondary N) is 1. The Morgan fingerprint density at radius 1 is 1.48 bits per heavy atom. The fourth-order valence-corrected chi connectivity index (χ4v) is 4.53. The van der Waals surface area contributed by atoms with Crippen molar-refractivity contribution in [3.05, 3.63) is 16.7 Å². The van der Waals surface area contributed by atoms with Gasteiger partial charge in [-0.3, -0.25) is 27.9 Å². The lowest BCUT2D eigenvalue weighted by atomic mass is 10.2. The van der Waals surface area contributed by atoms with Gasteiger partial charge in [0.15, 0.2) is 11.2 Å². The molecule has 2 unspecified atom stereocenters. The van der Waals surface area contributed by atoms with Crippen molar-refractivity contribution in [2.24, 2.45) is 0 Å². The lowest BCUT2D eigenvalue weighted by molar-refractivity contribution is -0.0733. The third kappa shape index (κ3) is 2.98. The molecular weight excluding hydrogens is 353 g/mol. The normalized spacial score (nSPS) is 32.4. The minimum atomic E-state index is -3.60. The molecule has 4 rings (SSSR count). The lowest BCUT2D eigenvalue weighted by Crippen LogP contribution is -2.33. The Bertz CT molecular complexity index is 910. The molecule has 2 aromatic rings.